The van der Waals surface area contributed by atoms with Gasteiger partial charge in [-0.2, -0.15) is 0 Å². The highest BCUT2D eigenvalue weighted by Gasteiger charge is 2.15. The zero-order valence-corrected chi connectivity index (χ0v) is 11.2. The Hall–Kier alpha value is -1.21. The molecule has 0 bridgehead atoms. The number of anilines is 1. The second-order valence-corrected chi connectivity index (χ2v) is 5.15. The largest absolute Gasteiger partial charge is 0.383 e. The van der Waals surface area contributed by atoms with Gasteiger partial charge in [0.25, 0.3) is 0 Å². The van der Waals surface area contributed by atoms with Crippen molar-refractivity contribution >= 4 is 44.2 Å². The molecule has 1 heterocycles. The number of benzene rings is 1. The molecule has 1 unspecified atom stereocenters. The van der Waals surface area contributed by atoms with E-state index >= 15 is 0 Å². The number of nitrogens with two attached hydrogens (primary N) is 1. The molecular weight excluding hydrogens is 274 g/mol. The minimum absolute atomic E-state index is 0.169. The van der Waals surface area contributed by atoms with Crippen LogP contribution < -0.4 is 11.1 Å². The van der Waals surface area contributed by atoms with Gasteiger partial charge in [0.05, 0.1) is 16.8 Å². The molecule has 0 saturated carbocycles. The van der Waals surface area contributed by atoms with Gasteiger partial charge in [-0.1, -0.05) is 22.9 Å². The van der Waals surface area contributed by atoms with Crippen molar-refractivity contribution in [1.29, 1.82) is 0 Å². The van der Waals surface area contributed by atoms with Crippen molar-refractivity contribution < 1.29 is 9.53 Å². The molecule has 7 heteroatoms. The summed E-state index contributed by atoms with van der Waals surface area (Å²) in [5, 5.41) is 3.80. The second-order valence-electron chi connectivity index (χ2n) is 3.68. The number of ether oxygens (including phenoxy) is 1. The highest BCUT2D eigenvalue weighted by molar-refractivity contribution is 7.22. The number of rotatable bonds is 4. The van der Waals surface area contributed by atoms with Gasteiger partial charge in [0.1, 0.15) is 6.04 Å². The first-order valence-corrected chi connectivity index (χ1v) is 6.41. The van der Waals surface area contributed by atoms with Gasteiger partial charge >= 0.3 is 0 Å². The first kappa shape index (κ1) is 13.2. The zero-order chi connectivity index (χ0) is 13.1. The third-order valence-corrected chi connectivity index (χ3v) is 3.43. The molecule has 1 aromatic carbocycles. The van der Waals surface area contributed by atoms with Crippen LogP contribution in [0.5, 0.6) is 0 Å². The van der Waals surface area contributed by atoms with Gasteiger partial charge in [-0.25, -0.2) is 4.98 Å². The summed E-state index contributed by atoms with van der Waals surface area (Å²) >= 11 is 7.23. The Morgan fingerprint density at radius 2 is 2.44 bits per heavy atom. The van der Waals surface area contributed by atoms with E-state index in [-0.39, 0.29) is 12.5 Å². The predicted molar refractivity (Wildman–Crippen MR) is 73.1 cm³/mol. The third-order valence-electron chi connectivity index (χ3n) is 2.26. The van der Waals surface area contributed by atoms with Crippen LogP contribution >= 0.6 is 22.9 Å². The monoisotopic (exact) mass is 285 g/mol. The van der Waals surface area contributed by atoms with Gasteiger partial charge in [-0.05, 0) is 18.2 Å². The minimum atomic E-state index is -0.703. The number of hydrogen-bond acceptors (Lipinski definition) is 5. The van der Waals surface area contributed by atoms with Crippen LogP contribution in [0.1, 0.15) is 0 Å². The summed E-state index contributed by atoms with van der Waals surface area (Å²) in [5.74, 6) is -0.318. The van der Waals surface area contributed by atoms with E-state index in [1.807, 2.05) is 0 Å². The second kappa shape index (κ2) is 5.62. The number of halogens is 1. The van der Waals surface area contributed by atoms with Crippen LogP contribution in [0.15, 0.2) is 18.2 Å². The average molecular weight is 286 g/mol. The summed E-state index contributed by atoms with van der Waals surface area (Å²) in [5.41, 5.74) is 6.40. The first-order chi connectivity index (χ1) is 8.60. The van der Waals surface area contributed by atoms with Crippen molar-refractivity contribution in [1.82, 2.24) is 4.98 Å². The molecule has 5 nitrogen and oxygen atoms in total. The maximum atomic E-state index is 11.7. The topological polar surface area (TPSA) is 77.2 Å². The van der Waals surface area contributed by atoms with Crippen LogP contribution in [-0.4, -0.2) is 30.6 Å². The Kier molecular flexibility index (Phi) is 4.13. The Morgan fingerprint density at radius 3 is 3.17 bits per heavy atom. The van der Waals surface area contributed by atoms with E-state index in [0.717, 1.165) is 10.2 Å². The highest BCUT2D eigenvalue weighted by Crippen LogP contribution is 2.28. The Morgan fingerprint density at radius 1 is 1.67 bits per heavy atom. The molecule has 1 aromatic heterocycles. The Bertz CT molecular complexity index is 572. The van der Waals surface area contributed by atoms with Crippen LogP contribution in [0.2, 0.25) is 5.02 Å². The molecule has 96 valence electrons. The molecule has 2 aromatic rings. The van der Waals surface area contributed by atoms with E-state index < -0.39 is 6.04 Å². The van der Waals surface area contributed by atoms with E-state index in [0.29, 0.717) is 10.2 Å². The SMILES string of the molecule is COCC(N)C(=O)Nc1nc2ccc(Cl)cc2s1. The molecule has 0 saturated heterocycles. The maximum Gasteiger partial charge on any atom is 0.245 e. The van der Waals surface area contributed by atoms with Crippen LogP contribution in [0.25, 0.3) is 10.2 Å². The first-order valence-electron chi connectivity index (χ1n) is 5.21. The molecule has 0 fully saturated rings. The summed E-state index contributed by atoms with van der Waals surface area (Å²) in [6.07, 6.45) is 0. The molecule has 3 N–H and O–H groups in total. The fourth-order valence-electron chi connectivity index (χ4n) is 1.41. The molecular formula is C11H12ClN3O2S. The number of thiazole rings is 1. The number of methoxy groups -OCH3 is 1. The number of amides is 1. The molecule has 0 aliphatic rings. The molecule has 1 amide bonds. The summed E-state index contributed by atoms with van der Waals surface area (Å²) in [6.45, 7) is 0.169. The van der Waals surface area contributed by atoms with Crippen LogP contribution in [0, 0.1) is 0 Å². The lowest BCUT2D eigenvalue weighted by Crippen LogP contribution is -2.39. The van der Waals surface area contributed by atoms with Crippen LogP contribution in [0.4, 0.5) is 5.13 Å². The number of hydrogen-bond donors (Lipinski definition) is 2. The van der Waals surface area contributed by atoms with Gasteiger partial charge in [0.2, 0.25) is 5.91 Å². The number of nitrogens with zero attached hydrogens (tertiary/aromatic N) is 1. The van der Waals surface area contributed by atoms with Gasteiger partial charge in [0, 0.05) is 12.1 Å². The van der Waals surface area contributed by atoms with Crippen molar-refractivity contribution in [3.8, 4) is 0 Å². The van der Waals surface area contributed by atoms with Crippen molar-refractivity contribution in [3.63, 3.8) is 0 Å². The molecule has 2 rings (SSSR count). The zero-order valence-electron chi connectivity index (χ0n) is 9.64. The number of fused-ring (bicyclic) bond motifs is 1. The molecule has 18 heavy (non-hydrogen) atoms. The molecule has 1 atom stereocenters. The van der Waals surface area contributed by atoms with E-state index in [9.17, 15) is 4.79 Å². The van der Waals surface area contributed by atoms with Gasteiger partial charge in [-0.3, -0.25) is 4.79 Å². The predicted octanol–water partition coefficient (Wildman–Crippen LogP) is 1.86. The summed E-state index contributed by atoms with van der Waals surface area (Å²) < 4.78 is 5.73. The van der Waals surface area contributed by atoms with E-state index in [4.69, 9.17) is 22.1 Å². The van der Waals surface area contributed by atoms with Crippen molar-refractivity contribution in [3.05, 3.63) is 23.2 Å². The lowest BCUT2D eigenvalue weighted by molar-refractivity contribution is -0.118. The third kappa shape index (κ3) is 2.97. The van der Waals surface area contributed by atoms with E-state index in [1.165, 1.54) is 18.4 Å². The fourth-order valence-corrected chi connectivity index (χ4v) is 2.55. The standard InChI is InChI=1S/C11H12ClN3O2S/c1-17-5-7(13)10(16)15-11-14-8-3-2-6(12)4-9(8)18-11/h2-4,7H,5,13H2,1H3,(H,14,15,16). The van der Waals surface area contributed by atoms with Crippen LogP contribution in [0.3, 0.4) is 0 Å². The van der Waals surface area contributed by atoms with Crippen molar-refractivity contribution in [2.75, 3.05) is 19.0 Å². The molecule has 0 aliphatic carbocycles. The Labute approximate surface area is 113 Å². The maximum absolute atomic E-state index is 11.7. The number of carbonyl (C=O) groups is 1. The van der Waals surface area contributed by atoms with E-state index in [1.54, 1.807) is 18.2 Å². The number of aromatic nitrogens is 1. The van der Waals surface area contributed by atoms with Crippen molar-refractivity contribution in [2.45, 2.75) is 6.04 Å². The number of nitrogens with one attached hydrogen (secondary N) is 1. The Balaban J connectivity index is 2.14. The average Bonchev–Trinajstić information content (AvgIpc) is 2.70. The molecule has 0 aliphatic heterocycles. The summed E-state index contributed by atoms with van der Waals surface area (Å²) in [6, 6.07) is 4.66. The van der Waals surface area contributed by atoms with Gasteiger partial charge < -0.3 is 15.8 Å². The summed E-state index contributed by atoms with van der Waals surface area (Å²) in [7, 11) is 1.49. The minimum Gasteiger partial charge on any atom is -0.383 e. The van der Waals surface area contributed by atoms with Gasteiger partial charge in [0.15, 0.2) is 5.13 Å². The lowest BCUT2D eigenvalue weighted by atomic mass is 10.3. The molecule has 0 spiro atoms. The lowest BCUT2D eigenvalue weighted by Gasteiger charge is -2.08. The van der Waals surface area contributed by atoms with Crippen molar-refractivity contribution in [2.24, 2.45) is 5.73 Å². The summed E-state index contributed by atoms with van der Waals surface area (Å²) in [4.78, 5) is 15.9. The fraction of sp³-hybridized carbons (Fsp3) is 0.273. The smallest absolute Gasteiger partial charge is 0.245 e. The van der Waals surface area contributed by atoms with Crippen LogP contribution in [-0.2, 0) is 9.53 Å². The highest BCUT2D eigenvalue weighted by atomic mass is 35.5. The number of carbonyl (C=O) groups excluding carboxylic acids is 1. The van der Waals surface area contributed by atoms with E-state index in [2.05, 4.69) is 10.3 Å². The molecule has 0 radical (unpaired) electrons. The quantitative estimate of drug-likeness (QED) is 0.899. The van der Waals surface area contributed by atoms with Gasteiger partial charge in [-0.15, -0.1) is 0 Å². The normalized spacial score (nSPS) is 12.6.